The molecule has 1 atom stereocenters. The molecule has 1 aliphatic heterocycles. The lowest BCUT2D eigenvalue weighted by molar-refractivity contribution is -0.0224. The van der Waals surface area contributed by atoms with Gasteiger partial charge >= 0.3 is 0 Å². The third kappa shape index (κ3) is 3.32. The Labute approximate surface area is 164 Å². The van der Waals surface area contributed by atoms with Crippen LogP contribution in [0, 0.1) is 5.92 Å². The van der Waals surface area contributed by atoms with E-state index in [1.807, 2.05) is 35.2 Å². The van der Waals surface area contributed by atoms with Crippen molar-refractivity contribution in [3.8, 4) is 16.9 Å². The van der Waals surface area contributed by atoms with E-state index >= 15 is 0 Å². The highest BCUT2D eigenvalue weighted by Crippen LogP contribution is 2.44. The lowest BCUT2D eigenvalue weighted by Gasteiger charge is -2.37. The summed E-state index contributed by atoms with van der Waals surface area (Å²) in [5.74, 6) is 1.02. The number of benzene rings is 2. The SMILES string of the molecule is COc1cc(Cl)cc(-c2cccc3c2C(=O)N(C(C2CC2)C(C)(C)O)C3)c1. The molecule has 1 aliphatic carbocycles. The molecule has 0 spiro atoms. The average Bonchev–Trinajstić information content (AvgIpc) is 3.37. The van der Waals surface area contributed by atoms with Crippen LogP contribution >= 0.6 is 11.6 Å². The highest BCUT2D eigenvalue weighted by atomic mass is 35.5. The molecule has 27 heavy (non-hydrogen) atoms. The standard InChI is InChI=1S/C22H24ClNO3/c1-22(2,26)20(13-7-8-13)24-12-14-5-4-6-18(19(14)21(24)25)15-9-16(23)11-17(10-15)27-3/h4-6,9-11,13,20,26H,7-8,12H2,1-3H3. The van der Waals surface area contributed by atoms with E-state index in [0.29, 0.717) is 28.8 Å². The van der Waals surface area contributed by atoms with Crippen LogP contribution in [0.1, 0.15) is 42.6 Å². The first-order valence-corrected chi connectivity index (χ1v) is 9.67. The minimum Gasteiger partial charge on any atom is -0.497 e. The maximum Gasteiger partial charge on any atom is 0.255 e. The molecule has 4 rings (SSSR count). The number of ether oxygens (including phenoxy) is 1. The lowest BCUT2D eigenvalue weighted by atomic mass is 9.92. The van der Waals surface area contributed by atoms with Crippen molar-refractivity contribution in [3.05, 3.63) is 52.5 Å². The van der Waals surface area contributed by atoms with Crippen molar-refractivity contribution in [2.75, 3.05) is 7.11 Å². The molecule has 1 amide bonds. The first-order valence-electron chi connectivity index (χ1n) is 9.30. The van der Waals surface area contributed by atoms with Gasteiger partial charge in [-0.25, -0.2) is 0 Å². The van der Waals surface area contributed by atoms with E-state index in [-0.39, 0.29) is 11.9 Å². The van der Waals surface area contributed by atoms with Crippen molar-refractivity contribution < 1.29 is 14.6 Å². The Balaban J connectivity index is 1.77. The van der Waals surface area contributed by atoms with Gasteiger partial charge in [-0.1, -0.05) is 29.8 Å². The van der Waals surface area contributed by atoms with Crippen LogP contribution in [0.15, 0.2) is 36.4 Å². The zero-order valence-corrected chi connectivity index (χ0v) is 16.6. The number of amides is 1. The van der Waals surface area contributed by atoms with E-state index in [1.165, 1.54) is 0 Å². The van der Waals surface area contributed by atoms with Crippen LogP contribution in [0.5, 0.6) is 5.75 Å². The summed E-state index contributed by atoms with van der Waals surface area (Å²) in [6.45, 7) is 4.13. The fourth-order valence-corrected chi connectivity index (χ4v) is 4.53. The molecule has 1 saturated carbocycles. The molecule has 2 aromatic carbocycles. The Morgan fingerprint density at radius 3 is 2.63 bits per heavy atom. The molecule has 0 saturated heterocycles. The van der Waals surface area contributed by atoms with E-state index < -0.39 is 5.60 Å². The molecular formula is C22H24ClNO3. The van der Waals surface area contributed by atoms with Gasteiger partial charge in [0.2, 0.25) is 0 Å². The highest BCUT2D eigenvalue weighted by Gasteiger charge is 2.48. The number of carbonyl (C=O) groups is 1. The number of rotatable bonds is 5. The molecule has 5 heteroatoms. The topological polar surface area (TPSA) is 49.8 Å². The van der Waals surface area contributed by atoms with Gasteiger partial charge in [-0.05, 0) is 67.5 Å². The molecule has 1 heterocycles. The quantitative estimate of drug-likeness (QED) is 0.823. The van der Waals surface area contributed by atoms with Crippen LogP contribution in [0.3, 0.4) is 0 Å². The zero-order valence-electron chi connectivity index (χ0n) is 15.8. The first kappa shape index (κ1) is 18.3. The third-order valence-corrected chi connectivity index (χ3v) is 5.73. The van der Waals surface area contributed by atoms with Crippen LogP contribution in [-0.2, 0) is 6.54 Å². The Bertz CT molecular complexity index is 899. The van der Waals surface area contributed by atoms with Crippen molar-refractivity contribution in [1.82, 2.24) is 4.90 Å². The van der Waals surface area contributed by atoms with Crippen molar-refractivity contribution in [2.45, 2.75) is 44.9 Å². The van der Waals surface area contributed by atoms with Crippen LogP contribution < -0.4 is 4.74 Å². The van der Waals surface area contributed by atoms with E-state index in [9.17, 15) is 9.90 Å². The molecule has 0 bridgehead atoms. The molecule has 2 aliphatic rings. The predicted octanol–water partition coefficient (Wildman–Crippen LogP) is 4.52. The van der Waals surface area contributed by atoms with Gasteiger partial charge in [0.15, 0.2) is 0 Å². The molecule has 0 radical (unpaired) electrons. The summed E-state index contributed by atoms with van der Waals surface area (Å²) >= 11 is 6.25. The van der Waals surface area contributed by atoms with Gasteiger partial charge in [-0.15, -0.1) is 0 Å². The Kier molecular flexibility index (Phi) is 4.44. The number of halogens is 1. The van der Waals surface area contributed by atoms with E-state index in [1.54, 1.807) is 27.0 Å². The monoisotopic (exact) mass is 385 g/mol. The number of hydrogen-bond acceptors (Lipinski definition) is 3. The van der Waals surface area contributed by atoms with Crippen LogP contribution in [0.25, 0.3) is 11.1 Å². The largest absolute Gasteiger partial charge is 0.497 e. The van der Waals surface area contributed by atoms with Crippen LogP contribution in [0.2, 0.25) is 5.02 Å². The Morgan fingerprint density at radius 2 is 2.00 bits per heavy atom. The van der Waals surface area contributed by atoms with Crippen molar-refractivity contribution in [2.24, 2.45) is 5.92 Å². The summed E-state index contributed by atoms with van der Waals surface area (Å²) in [6.07, 6.45) is 2.13. The highest BCUT2D eigenvalue weighted by molar-refractivity contribution is 6.31. The zero-order chi connectivity index (χ0) is 19.3. The predicted molar refractivity (Wildman–Crippen MR) is 106 cm³/mol. The van der Waals surface area contributed by atoms with Crippen molar-refractivity contribution in [3.63, 3.8) is 0 Å². The first-order chi connectivity index (χ1) is 12.8. The summed E-state index contributed by atoms with van der Waals surface area (Å²) in [4.78, 5) is 15.3. The van der Waals surface area contributed by atoms with E-state index in [2.05, 4.69) is 0 Å². The molecule has 0 aromatic heterocycles. The molecular weight excluding hydrogens is 362 g/mol. The number of methoxy groups -OCH3 is 1. The second kappa shape index (κ2) is 6.54. The fraction of sp³-hybridized carbons (Fsp3) is 0.409. The van der Waals surface area contributed by atoms with Crippen molar-refractivity contribution in [1.29, 1.82) is 0 Å². The van der Waals surface area contributed by atoms with Gasteiger partial charge in [0.05, 0.1) is 24.3 Å². The molecule has 1 N–H and O–H groups in total. The third-order valence-electron chi connectivity index (χ3n) is 5.51. The smallest absolute Gasteiger partial charge is 0.255 e. The van der Waals surface area contributed by atoms with Gasteiger partial charge in [-0.2, -0.15) is 0 Å². The van der Waals surface area contributed by atoms with E-state index in [4.69, 9.17) is 16.3 Å². The number of nitrogens with zero attached hydrogens (tertiary/aromatic N) is 1. The summed E-state index contributed by atoms with van der Waals surface area (Å²) in [6, 6.07) is 11.2. The molecule has 1 unspecified atom stereocenters. The Morgan fingerprint density at radius 1 is 1.26 bits per heavy atom. The second-order valence-corrected chi connectivity index (χ2v) is 8.52. The van der Waals surface area contributed by atoms with Gasteiger partial charge in [0, 0.05) is 11.6 Å². The fourth-order valence-electron chi connectivity index (χ4n) is 4.31. The number of hydrogen-bond donors (Lipinski definition) is 1. The minimum atomic E-state index is -0.932. The van der Waals surface area contributed by atoms with Crippen LogP contribution in [0.4, 0.5) is 0 Å². The number of aliphatic hydroxyl groups is 1. The number of fused-ring (bicyclic) bond motifs is 1. The summed E-state index contributed by atoms with van der Waals surface area (Å²) < 4.78 is 5.33. The second-order valence-electron chi connectivity index (χ2n) is 8.09. The summed E-state index contributed by atoms with van der Waals surface area (Å²) in [5.41, 5.74) is 2.48. The normalized spacial score (nSPS) is 17.8. The summed E-state index contributed by atoms with van der Waals surface area (Å²) in [5, 5.41) is 11.3. The Hall–Kier alpha value is -2.04. The molecule has 4 nitrogen and oxygen atoms in total. The van der Waals surface area contributed by atoms with E-state index in [0.717, 1.165) is 29.5 Å². The lowest BCUT2D eigenvalue weighted by Crippen LogP contribution is -2.51. The van der Waals surface area contributed by atoms with Gasteiger partial charge < -0.3 is 14.7 Å². The maximum absolute atomic E-state index is 13.4. The van der Waals surface area contributed by atoms with Gasteiger partial charge in [0.25, 0.3) is 5.91 Å². The van der Waals surface area contributed by atoms with Crippen molar-refractivity contribution >= 4 is 17.5 Å². The molecule has 2 aromatic rings. The van der Waals surface area contributed by atoms with Gasteiger partial charge in [0.1, 0.15) is 5.75 Å². The maximum atomic E-state index is 13.4. The van der Waals surface area contributed by atoms with Crippen LogP contribution in [-0.4, -0.2) is 34.7 Å². The minimum absolute atomic E-state index is 0.0152. The van der Waals surface area contributed by atoms with Gasteiger partial charge in [-0.3, -0.25) is 4.79 Å². The number of carbonyl (C=O) groups excluding carboxylic acids is 1. The average molecular weight is 386 g/mol. The molecule has 142 valence electrons. The molecule has 1 fully saturated rings. The summed E-state index contributed by atoms with van der Waals surface area (Å²) in [7, 11) is 1.60.